The van der Waals surface area contributed by atoms with Gasteiger partial charge in [-0.2, -0.15) is 0 Å². The van der Waals surface area contributed by atoms with Crippen molar-refractivity contribution in [2.75, 3.05) is 38.8 Å². The van der Waals surface area contributed by atoms with Crippen LogP contribution < -0.4 is 27.1 Å². The number of halogens is 2. The fourth-order valence-corrected chi connectivity index (χ4v) is 8.48. The van der Waals surface area contributed by atoms with Gasteiger partial charge < -0.3 is 64.9 Å². The van der Waals surface area contributed by atoms with Gasteiger partial charge in [-0.3, -0.25) is 47.9 Å². The Bertz CT molecular complexity index is 3270. The number of amides is 3. The molecule has 1 aliphatic heterocycles. The molecule has 0 atom stereocenters. The SMILES string of the molecule is O=C(NCP(=O)(O)O)c1c(O)c2ncc(Cc3ccc(F)cc3)cc2n(CCN2CCCC2=O)c1=O.O=C(O)CCCNCCn1c(=O)c(C(=O)NCP(=O)(O)O)c(O)c2ncc(Cc3ccc(F)cc3)cc21. The zero-order valence-electron chi connectivity index (χ0n) is 38.6. The maximum Gasteiger partial charge on any atom is 0.344 e. The van der Waals surface area contributed by atoms with Crippen molar-refractivity contribution < 1.29 is 72.0 Å². The Kier molecular flexibility index (Phi) is 18.1. The third-order valence-electron chi connectivity index (χ3n) is 11.3. The number of aromatic nitrogens is 4. The van der Waals surface area contributed by atoms with E-state index in [0.29, 0.717) is 56.3 Å². The second-order valence-electron chi connectivity index (χ2n) is 16.8. The van der Waals surface area contributed by atoms with Crippen LogP contribution in [0.1, 0.15) is 68.7 Å². The van der Waals surface area contributed by atoms with Crippen LogP contribution in [-0.4, -0.2) is 121 Å². The van der Waals surface area contributed by atoms with Crippen molar-refractivity contribution in [3.8, 4) is 11.5 Å². The van der Waals surface area contributed by atoms with Crippen LogP contribution in [-0.2, 0) is 44.7 Å². The molecule has 3 amide bonds. The molecule has 27 heteroatoms. The summed E-state index contributed by atoms with van der Waals surface area (Å²) in [4.78, 5) is 121. The van der Waals surface area contributed by atoms with Gasteiger partial charge in [0.2, 0.25) is 5.91 Å². The van der Waals surface area contributed by atoms with Crippen LogP contribution in [0.15, 0.2) is 82.6 Å². The number of rotatable bonds is 20. The van der Waals surface area contributed by atoms with Crippen LogP contribution >= 0.6 is 15.2 Å². The van der Waals surface area contributed by atoms with Crippen LogP contribution in [0.25, 0.3) is 22.1 Å². The largest absolute Gasteiger partial charge is 0.505 e. The molecule has 0 aliphatic carbocycles. The van der Waals surface area contributed by atoms with Gasteiger partial charge in [-0.05, 0) is 90.9 Å². The number of hydrogen-bond donors (Lipinski definition) is 10. The highest BCUT2D eigenvalue weighted by atomic mass is 31.2. The lowest BCUT2D eigenvalue weighted by Gasteiger charge is -2.19. The van der Waals surface area contributed by atoms with Gasteiger partial charge in [0.15, 0.2) is 11.5 Å². The second-order valence-corrected chi connectivity index (χ2v) is 20.1. The lowest BCUT2D eigenvalue weighted by atomic mass is 10.1. The van der Waals surface area contributed by atoms with E-state index in [-0.39, 0.29) is 72.2 Å². The molecule has 0 spiro atoms. The molecule has 5 heterocycles. The van der Waals surface area contributed by atoms with Gasteiger partial charge in [-0.25, -0.2) is 8.78 Å². The number of benzene rings is 2. The molecule has 4 aromatic heterocycles. The molecule has 23 nitrogen and oxygen atoms in total. The fraction of sp³-hybridized carbons (Fsp3) is 0.304. The van der Waals surface area contributed by atoms with Gasteiger partial charge in [0, 0.05) is 58.0 Å². The highest BCUT2D eigenvalue weighted by Gasteiger charge is 2.28. The third kappa shape index (κ3) is 14.9. The fourth-order valence-electron chi connectivity index (χ4n) is 7.78. The van der Waals surface area contributed by atoms with E-state index in [1.807, 2.05) is 10.6 Å². The van der Waals surface area contributed by atoms with Gasteiger partial charge in [0.1, 0.15) is 46.4 Å². The van der Waals surface area contributed by atoms with Crippen molar-refractivity contribution in [1.29, 1.82) is 0 Å². The third-order valence-corrected chi connectivity index (χ3v) is 12.4. The molecular formula is C46H50F2N8O15P2. The summed E-state index contributed by atoms with van der Waals surface area (Å²) in [6.07, 6.45) is 2.96. The Morgan fingerprint density at radius 3 is 1.51 bits per heavy atom. The van der Waals surface area contributed by atoms with Gasteiger partial charge in [0.25, 0.3) is 22.9 Å². The van der Waals surface area contributed by atoms with E-state index >= 15 is 0 Å². The summed E-state index contributed by atoms with van der Waals surface area (Å²) in [5.41, 5.74) is -0.0826. The summed E-state index contributed by atoms with van der Waals surface area (Å²) in [6.45, 7) is 1.31. The quantitative estimate of drug-likeness (QED) is 0.0388. The van der Waals surface area contributed by atoms with Crippen LogP contribution in [0.2, 0.25) is 0 Å². The first kappa shape index (κ1) is 55.1. The number of carboxylic acid groups (broad SMARTS) is 1. The molecule has 0 saturated carbocycles. The average Bonchev–Trinajstić information content (AvgIpc) is 3.74. The standard InChI is InChI=1S/C23H26FN4O8P.C23H24FN4O7P/c24-16-5-3-14(4-6-16)10-15-11-17-20(26-12-15)21(31)19(22(32)27-13-37(34,35)36)23(33)28(17)9-8-25-7-1-2-18(29)30;24-16-5-3-14(4-6-16)10-15-11-17-20(25-12-15)21(30)19(22(31)26-13-36(33,34)35)23(32)28(17)9-8-27-7-1-2-18(27)29/h3-6,11-12,25,31H,1-2,7-10,13H2,(H,27,32)(H,29,30)(H2,34,35,36);3-6,11-12,30H,1-2,7-10,13H2,(H,26,31)(H2,33,34,35). The maximum atomic E-state index is 13.3. The van der Waals surface area contributed by atoms with Gasteiger partial charge in [-0.15, -0.1) is 0 Å². The summed E-state index contributed by atoms with van der Waals surface area (Å²) < 4.78 is 51.2. The molecule has 0 unspecified atom stereocenters. The molecule has 0 bridgehead atoms. The Hall–Kier alpha value is -7.24. The van der Waals surface area contributed by atoms with Crippen molar-refractivity contribution in [2.45, 2.75) is 51.6 Å². The van der Waals surface area contributed by atoms with E-state index in [9.17, 15) is 56.9 Å². The van der Waals surface area contributed by atoms with E-state index in [0.717, 1.165) is 11.1 Å². The van der Waals surface area contributed by atoms with E-state index < -0.39 is 79.3 Å². The lowest BCUT2D eigenvalue weighted by Crippen LogP contribution is -2.36. The number of fused-ring (bicyclic) bond motifs is 2. The minimum absolute atomic E-state index is 0.00179. The first-order valence-electron chi connectivity index (χ1n) is 22.3. The Balaban J connectivity index is 0.000000238. The Labute approximate surface area is 412 Å². The highest BCUT2D eigenvalue weighted by Crippen LogP contribution is 2.34. The van der Waals surface area contributed by atoms with Crippen LogP contribution in [0, 0.1) is 11.6 Å². The Morgan fingerprint density at radius 2 is 1.10 bits per heavy atom. The monoisotopic (exact) mass is 1050 g/mol. The number of hydrogen-bond acceptors (Lipinski definition) is 13. The molecule has 1 fully saturated rings. The molecule has 6 aromatic rings. The van der Waals surface area contributed by atoms with E-state index in [1.165, 1.54) is 45.8 Å². The van der Waals surface area contributed by atoms with Gasteiger partial charge >= 0.3 is 21.2 Å². The molecular weight excluding hydrogens is 1000 g/mol. The highest BCUT2D eigenvalue weighted by molar-refractivity contribution is 7.52. The molecule has 10 N–H and O–H groups in total. The van der Waals surface area contributed by atoms with Crippen LogP contribution in [0.4, 0.5) is 8.78 Å². The van der Waals surface area contributed by atoms with Crippen molar-refractivity contribution in [3.05, 3.63) is 139 Å². The Morgan fingerprint density at radius 1 is 0.644 bits per heavy atom. The first-order chi connectivity index (χ1) is 34.5. The minimum Gasteiger partial charge on any atom is -0.505 e. The van der Waals surface area contributed by atoms with Crippen molar-refractivity contribution in [1.82, 2.24) is 40.0 Å². The number of nitrogens with one attached hydrogen (secondary N) is 3. The van der Waals surface area contributed by atoms with Crippen LogP contribution in [0.3, 0.4) is 0 Å². The van der Waals surface area contributed by atoms with Crippen LogP contribution in [0.5, 0.6) is 11.5 Å². The van der Waals surface area contributed by atoms with Crippen molar-refractivity contribution in [2.24, 2.45) is 0 Å². The maximum absolute atomic E-state index is 13.3. The number of carbonyl (C=O) groups excluding carboxylic acids is 3. The molecule has 1 saturated heterocycles. The smallest absolute Gasteiger partial charge is 0.344 e. The summed E-state index contributed by atoms with van der Waals surface area (Å²) in [5, 5.41) is 37.1. The number of nitrogens with zero attached hydrogens (tertiary/aromatic N) is 5. The zero-order chi connectivity index (χ0) is 53.2. The van der Waals surface area contributed by atoms with Gasteiger partial charge in [0.05, 0.1) is 11.0 Å². The molecule has 1 aliphatic rings. The first-order valence-corrected chi connectivity index (χ1v) is 25.9. The number of carboxylic acids is 1. The lowest BCUT2D eigenvalue weighted by molar-refractivity contribution is -0.137. The minimum atomic E-state index is -4.62. The number of pyridine rings is 4. The predicted octanol–water partition coefficient (Wildman–Crippen LogP) is 2.47. The summed E-state index contributed by atoms with van der Waals surface area (Å²) >= 11 is 0. The average molecular weight is 1050 g/mol. The van der Waals surface area contributed by atoms with Gasteiger partial charge in [-0.1, -0.05) is 24.3 Å². The van der Waals surface area contributed by atoms with E-state index in [1.54, 1.807) is 41.3 Å². The summed E-state index contributed by atoms with van der Waals surface area (Å²) in [5.74, 6) is -5.55. The molecule has 388 valence electrons. The topological polar surface area (TPSA) is 353 Å². The predicted molar refractivity (Wildman–Crippen MR) is 258 cm³/mol. The summed E-state index contributed by atoms with van der Waals surface area (Å²) in [6, 6.07) is 14.9. The van der Waals surface area contributed by atoms with Crippen molar-refractivity contribution in [3.63, 3.8) is 0 Å². The molecule has 0 radical (unpaired) electrons. The number of carbonyl (C=O) groups is 4. The van der Waals surface area contributed by atoms with E-state index in [4.69, 9.17) is 24.7 Å². The molecule has 73 heavy (non-hydrogen) atoms. The second kappa shape index (κ2) is 24.0. The number of aliphatic carboxylic acids is 1. The normalized spacial score (nSPS) is 12.7. The number of likely N-dealkylation sites (tertiary alicyclic amines) is 1. The van der Waals surface area contributed by atoms with Crippen molar-refractivity contribution >= 4 is 60.9 Å². The van der Waals surface area contributed by atoms with E-state index in [2.05, 4.69) is 15.3 Å². The molecule has 7 rings (SSSR count). The summed E-state index contributed by atoms with van der Waals surface area (Å²) in [7, 11) is -9.24. The number of aromatic hydroxyl groups is 2. The molecule has 2 aromatic carbocycles. The zero-order valence-corrected chi connectivity index (χ0v) is 40.4.